The van der Waals surface area contributed by atoms with Gasteiger partial charge < -0.3 is 9.64 Å². The second kappa shape index (κ2) is 6.45. The van der Waals surface area contributed by atoms with Crippen molar-refractivity contribution in [3.63, 3.8) is 0 Å². The van der Waals surface area contributed by atoms with E-state index in [0.717, 1.165) is 19.3 Å². The number of carbonyl (C=O) groups excluding carboxylic acids is 1. The van der Waals surface area contributed by atoms with Gasteiger partial charge in [0, 0.05) is 12.6 Å². The maximum Gasteiger partial charge on any atom is 0.410 e. The lowest BCUT2D eigenvalue weighted by molar-refractivity contribution is 0.0144. The van der Waals surface area contributed by atoms with Crippen LogP contribution < -0.4 is 5.32 Å². The molecule has 0 aromatic carbocycles. The zero-order chi connectivity index (χ0) is 15.4. The van der Waals surface area contributed by atoms with E-state index in [1.165, 1.54) is 0 Å². The molecule has 1 N–H and O–H groups in total. The molecule has 2 unspecified atom stereocenters. The smallest absolute Gasteiger partial charge is 0.410 e. The third kappa shape index (κ3) is 4.68. The Morgan fingerprint density at radius 1 is 1.55 bits per heavy atom. The van der Waals surface area contributed by atoms with E-state index >= 15 is 0 Å². The number of ether oxygens (including phenoxy) is 1. The molecule has 114 valence electrons. The van der Waals surface area contributed by atoms with Gasteiger partial charge in [-0.15, -0.1) is 0 Å². The highest BCUT2D eigenvalue weighted by atomic mass is 16.6. The number of likely N-dealkylation sites (tertiary alicyclic amines) is 1. The molecule has 5 heteroatoms. The molecule has 1 aliphatic rings. The largest absolute Gasteiger partial charge is 0.444 e. The minimum absolute atomic E-state index is 0.258. The van der Waals surface area contributed by atoms with E-state index in [0.29, 0.717) is 13.1 Å². The zero-order valence-corrected chi connectivity index (χ0v) is 13.3. The van der Waals surface area contributed by atoms with Gasteiger partial charge in [-0.1, -0.05) is 6.92 Å². The first-order valence-electron chi connectivity index (χ1n) is 7.38. The minimum atomic E-state index is -0.648. The molecular weight excluding hydrogens is 254 g/mol. The second-order valence-electron chi connectivity index (χ2n) is 6.65. The fourth-order valence-electron chi connectivity index (χ4n) is 2.35. The number of hydrogen-bond donors (Lipinski definition) is 1. The number of nitriles is 1. The fourth-order valence-corrected chi connectivity index (χ4v) is 2.35. The van der Waals surface area contributed by atoms with Gasteiger partial charge in [-0.2, -0.15) is 5.26 Å². The number of carbonyl (C=O) groups is 1. The summed E-state index contributed by atoms with van der Waals surface area (Å²) in [4.78, 5) is 13.8. The van der Waals surface area contributed by atoms with Gasteiger partial charge in [0.2, 0.25) is 0 Å². The van der Waals surface area contributed by atoms with Crippen LogP contribution in [0.1, 0.15) is 53.9 Å². The summed E-state index contributed by atoms with van der Waals surface area (Å²) < 4.78 is 5.40. The van der Waals surface area contributed by atoms with Crippen LogP contribution in [0.15, 0.2) is 0 Å². The van der Waals surface area contributed by atoms with Gasteiger partial charge in [-0.3, -0.25) is 5.32 Å². The van der Waals surface area contributed by atoms with E-state index in [4.69, 9.17) is 4.74 Å². The van der Waals surface area contributed by atoms with Gasteiger partial charge in [0.15, 0.2) is 0 Å². The third-order valence-corrected chi connectivity index (χ3v) is 3.49. The van der Waals surface area contributed by atoms with Gasteiger partial charge in [0.05, 0.1) is 12.6 Å². The number of piperidine rings is 1. The van der Waals surface area contributed by atoms with Gasteiger partial charge in [0.1, 0.15) is 11.1 Å². The molecule has 2 atom stereocenters. The van der Waals surface area contributed by atoms with Gasteiger partial charge in [0.25, 0.3) is 0 Å². The highest BCUT2D eigenvalue weighted by Gasteiger charge is 2.39. The molecular formula is C15H27N3O2. The van der Waals surface area contributed by atoms with Crippen LogP contribution in [0.2, 0.25) is 0 Å². The number of amides is 1. The molecule has 0 aromatic rings. The van der Waals surface area contributed by atoms with Crippen molar-refractivity contribution in [3.8, 4) is 6.07 Å². The van der Waals surface area contributed by atoms with E-state index in [-0.39, 0.29) is 12.1 Å². The Kier molecular flexibility index (Phi) is 5.41. The summed E-state index contributed by atoms with van der Waals surface area (Å²) in [6.07, 6.45) is 2.21. The molecule has 0 spiro atoms. The minimum Gasteiger partial charge on any atom is -0.444 e. The zero-order valence-electron chi connectivity index (χ0n) is 13.3. The number of rotatable bonds is 3. The predicted molar refractivity (Wildman–Crippen MR) is 78.3 cm³/mol. The molecule has 0 aromatic heterocycles. The molecule has 1 heterocycles. The maximum atomic E-state index is 12.1. The first-order chi connectivity index (χ1) is 9.21. The molecule has 1 aliphatic heterocycles. The van der Waals surface area contributed by atoms with Crippen molar-refractivity contribution in [2.45, 2.75) is 71.1 Å². The van der Waals surface area contributed by atoms with Crippen LogP contribution in [0.4, 0.5) is 4.79 Å². The Hall–Kier alpha value is -1.28. The van der Waals surface area contributed by atoms with Gasteiger partial charge in [-0.25, -0.2) is 4.79 Å². The summed E-state index contributed by atoms with van der Waals surface area (Å²) >= 11 is 0. The second-order valence-corrected chi connectivity index (χ2v) is 6.65. The molecule has 0 radical (unpaired) electrons. The highest BCUT2D eigenvalue weighted by molar-refractivity contribution is 5.68. The van der Waals surface area contributed by atoms with Crippen molar-refractivity contribution in [3.05, 3.63) is 0 Å². The molecule has 1 rings (SSSR count). The van der Waals surface area contributed by atoms with Crippen molar-refractivity contribution in [2.75, 3.05) is 13.1 Å². The molecule has 0 bridgehead atoms. The van der Waals surface area contributed by atoms with E-state index in [9.17, 15) is 10.1 Å². The van der Waals surface area contributed by atoms with Gasteiger partial charge >= 0.3 is 6.09 Å². The molecule has 1 fully saturated rings. The van der Waals surface area contributed by atoms with Crippen LogP contribution in [-0.2, 0) is 4.74 Å². The number of nitrogens with one attached hydrogen (secondary N) is 1. The van der Waals surface area contributed by atoms with Crippen LogP contribution >= 0.6 is 0 Å². The molecule has 0 saturated carbocycles. The van der Waals surface area contributed by atoms with E-state index < -0.39 is 11.1 Å². The van der Waals surface area contributed by atoms with Crippen molar-refractivity contribution in [1.29, 1.82) is 5.26 Å². The fraction of sp³-hybridized carbons (Fsp3) is 0.867. The molecule has 1 amide bonds. The van der Waals surface area contributed by atoms with Crippen LogP contribution in [0.5, 0.6) is 0 Å². The van der Waals surface area contributed by atoms with Crippen molar-refractivity contribution in [2.24, 2.45) is 0 Å². The quantitative estimate of drug-likeness (QED) is 0.863. The lowest BCUT2D eigenvalue weighted by Gasteiger charge is -2.40. The summed E-state index contributed by atoms with van der Waals surface area (Å²) in [5, 5.41) is 12.9. The van der Waals surface area contributed by atoms with E-state index in [1.807, 2.05) is 20.8 Å². The Morgan fingerprint density at radius 3 is 2.70 bits per heavy atom. The monoisotopic (exact) mass is 281 g/mol. The summed E-state index contributed by atoms with van der Waals surface area (Å²) in [5.74, 6) is 0. The average Bonchev–Trinajstić information content (AvgIpc) is 2.37. The summed E-state index contributed by atoms with van der Waals surface area (Å²) in [7, 11) is 0. The van der Waals surface area contributed by atoms with E-state index in [1.54, 1.807) is 4.90 Å². The van der Waals surface area contributed by atoms with Crippen LogP contribution in [0.3, 0.4) is 0 Å². The summed E-state index contributed by atoms with van der Waals surface area (Å²) in [6, 6.07) is 2.63. The van der Waals surface area contributed by atoms with Crippen LogP contribution in [-0.4, -0.2) is 41.3 Å². The van der Waals surface area contributed by atoms with E-state index in [2.05, 4.69) is 25.2 Å². The van der Waals surface area contributed by atoms with Crippen molar-refractivity contribution >= 4 is 6.09 Å². The molecule has 0 aliphatic carbocycles. The SMILES string of the molecule is CCC(C)NC1(C#N)CCCN(C(=O)OC(C)(C)C)C1. The van der Waals surface area contributed by atoms with Gasteiger partial charge in [-0.05, 0) is 47.0 Å². The van der Waals surface area contributed by atoms with Crippen molar-refractivity contribution in [1.82, 2.24) is 10.2 Å². The Morgan fingerprint density at radius 2 is 2.20 bits per heavy atom. The lowest BCUT2D eigenvalue weighted by atomic mass is 9.89. The summed E-state index contributed by atoms with van der Waals surface area (Å²) in [6.45, 7) is 10.7. The first-order valence-corrected chi connectivity index (χ1v) is 7.38. The Bertz CT molecular complexity index is 384. The predicted octanol–water partition coefficient (Wildman–Crippen LogP) is 2.67. The van der Waals surface area contributed by atoms with Crippen LogP contribution in [0.25, 0.3) is 0 Å². The third-order valence-electron chi connectivity index (χ3n) is 3.49. The number of hydrogen-bond acceptors (Lipinski definition) is 4. The Balaban J connectivity index is 2.74. The standard InChI is InChI=1S/C15H27N3O2/c1-6-12(2)17-15(10-16)8-7-9-18(11-15)13(19)20-14(3,4)5/h12,17H,6-9,11H2,1-5H3. The lowest BCUT2D eigenvalue weighted by Crippen LogP contribution is -2.59. The first kappa shape index (κ1) is 16.8. The average molecular weight is 281 g/mol. The molecule has 20 heavy (non-hydrogen) atoms. The number of nitrogens with zero attached hydrogens (tertiary/aromatic N) is 2. The Labute approximate surface area is 122 Å². The molecule has 5 nitrogen and oxygen atoms in total. The highest BCUT2D eigenvalue weighted by Crippen LogP contribution is 2.23. The normalized spacial score (nSPS) is 24.9. The maximum absolute atomic E-state index is 12.1. The summed E-state index contributed by atoms with van der Waals surface area (Å²) in [5.41, 5.74) is -1.15. The van der Waals surface area contributed by atoms with Crippen LogP contribution in [0, 0.1) is 11.3 Å². The topological polar surface area (TPSA) is 65.4 Å². The molecule has 1 saturated heterocycles. The van der Waals surface area contributed by atoms with Crippen molar-refractivity contribution < 1.29 is 9.53 Å².